The van der Waals surface area contributed by atoms with E-state index in [1.807, 2.05) is 66.7 Å². The van der Waals surface area contributed by atoms with Crippen molar-refractivity contribution in [1.82, 2.24) is 5.32 Å². The van der Waals surface area contributed by atoms with Gasteiger partial charge in [0.15, 0.2) is 12.5 Å². The van der Waals surface area contributed by atoms with Crippen LogP contribution >= 0.6 is 11.8 Å². The molecule has 11 heteroatoms. The molecule has 3 aromatic carbocycles. The van der Waals surface area contributed by atoms with Gasteiger partial charge in [-0.1, -0.05) is 72.4 Å². The second kappa shape index (κ2) is 16.9. The summed E-state index contributed by atoms with van der Waals surface area (Å²) in [6, 6.07) is 27.9. The lowest BCUT2D eigenvalue weighted by Crippen LogP contribution is -2.32. The number of hydrogen-bond acceptors (Lipinski definition) is 8. The van der Waals surface area contributed by atoms with Gasteiger partial charge in [-0.25, -0.2) is 0 Å². The lowest BCUT2D eigenvalue weighted by Gasteiger charge is -2.36. The van der Waals surface area contributed by atoms with Gasteiger partial charge in [-0.2, -0.15) is 4.73 Å². The maximum atomic E-state index is 12.4. The number of amides is 2. The number of anilines is 2. The molecule has 0 spiro atoms. The summed E-state index contributed by atoms with van der Waals surface area (Å²) in [6.45, 7) is 0.352. The van der Waals surface area contributed by atoms with Gasteiger partial charge in [0.25, 0.3) is 5.03 Å². The lowest BCUT2D eigenvalue weighted by atomic mass is 10.0. The Labute approximate surface area is 278 Å². The quantitative estimate of drug-likeness (QED) is 0.0454. The van der Waals surface area contributed by atoms with E-state index in [1.165, 1.54) is 18.0 Å². The van der Waals surface area contributed by atoms with E-state index in [1.54, 1.807) is 24.3 Å². The van der Waals surface area contributed by atoms with E-state index >= 15 is 0 Å². The number of pyridine rings is 1. The third kappa shape index (κ3) is 10.0. The van der Waals surface area contributed by atoms with Gasteiger partial charge in [0.05, 0.1) is 30.2 Å². The van der Waals surface area contributed by atoms with Crippen molar-refractivity contribution in [3.63, 3.8) is 0 Å². The monoisotopic (exact) mass is 656 g/mol. The molecule has 10 nitrogen and oxygen atoms in total. The van der Waals surface area contributed by atoms with Gasteiger partial charge in [0, 0.05) is 49.3 Å². The molecule has 0 unspecified atom stereocenters. The molecule has 2 heterocycles. The molecule has 1 aromatic heterocycles. The molecule has 47 heavy (non-hydrogen) atoms. The first-order valence-corrected chi connectivity index (χ1v) is 16.7. The van der Waals surface area contributed by atoms with Crippen LogP contribution < -0.4 is 21.1 Å². The van der Waals surface area contributed by atoms with Gasteiger partial charge in [-0.15, -0.1) is 0 Å². The minimum atomic E-state index is -0.619. The third-order valence-electron chi connectivity index (χ3n) is 7.85. The summed E-state index contributed by atoms with van der Waals surface area (Å²) in [5.41, 5.74) is 10.6. The lowest BCUT2D eigenvalue weighted by molar-refractivity contribution is -0.645. The van der Waals surface area contributed by atoms with Crippen LogP contribution in [0.3, 0.4) is 0 Å². The highest BCUT2D eigenvalue weighted by atomic mass is 32.2. The molecule has 5 N–H and O–H groups in total. The van der Waals surface area contributed by atoms with Gasteiger partial charge in [0.1, 0.15) is 0 Å². The van der Waals surface area contributed by atoms with Crippen LogP contribution in [0.4, 0.5) is 11.4 Å². The van der Waals surface area contributed by atoms with Crippen molar-refractivity contribution in [3.8, 4) is 0 Å². The van der Waals surface area contributed by atoms with E-state index in [0.29, 0.717) is 60.8 Å². The van der Waals surface area contributed by atoms with Crippen LogP contribution in [0.1, 0.15) is 66.8 Å². The Morgan fingerprint density at radius 3 is 2.28 bits per heavy atom. The largest absolute Gasteiger partial charge is 0.618 e. The Morgan fingerprint density at radius 1 is 0.872 bits per heavy atom. The minimum absolute atomic E-state index is 0.0277. The number of aliphatic hydroxyl groups excluding tert-OH is 1. The van der Waals surface area contributed by atoms with Crippen molar-refractivity contribution in [2.24, 2.45) is 0 Å². The molecule has 1 fully saturated rings. The molecular weight excluding hydrogens is 616 g/mol. The summed E-state index contributed by atoms with van der Waals surface area (Å²) in [4.78, 5) is 24.6. The van der Waals surface area contributed by atoms with Crippen molar-refractivity contribution in [3.05, 3.63) is 125 Å². The van der Waals surface area contributed by atoms with E-state index in [-0.39, 0.29) is 30.6 Å². The number of thioether (sulfide) groups is 1. The third-order valence-corrected chi connectivity index (χ3v) is 9.01. The number of benzene rings is 3. The molecule has 1 saturated heterocycles. The van der Waals surface area contributed by atoms with Crippen molar-refractivity contribution < 1.29 is 28.9 Å². The fourth-order valence-electron chi connectivity index (χ4n) is 5.20. The maximum absolute atomic E-state index is 12.4. The number of hydrogen-bond donors (Lipinski definition) is 4. The summed E-state index contributed by atoms with van der Waals surface area (Å²) in [5.74, 6) is 0.374. The normalized spacial score (nSPS) is 17.6. The van der Waals surface area contributed by atoms with Crippen LogP contribution in [0.2, 0.25) is 0 Å². The number of carbonyl (C=O) groups is 2. The van der Waals surface area contributed by atoms with Gasteiger partial charge in [-0.05, 0) is 47.7 Å². The number of unbranched alkanes of at least 4 members (excludes halogenated alkanes) is 1. The molecule has 246 valence electrons. The topological polar surface area (TPSA) is 150 Å². The average molecular weight is 657 g/mol. The van der Waals surface area contributed by atoms with Crippen LogP contribution in [0.25, 0.3) is 0 Å². The zero-order valence-electron chi connectivity index (χ0n) is 26.0. The fraction of sp³-hybridized carbons (Fsp3) is 0.306. The number of nitrogens with zero attached hydrogens (tertiary/aromatic N) is 1. The summed E-state index contributed by atoms with van der Waals surface area (Å²) < 4.78 is 13.7. The number of ether oxygens (including phenoxy) is 2. The Morgan fingerprint density at radius 2 is 1.55 bits per heavy atom. The number of nitrogens with one attached hydrogen (secondary N) is 2. The van der Waals surface area contributed by atoms with Crippen molar-refractivity contribution in [2.75, 3.05) is 16.8 Å². The Bertz CT molecular complexity index is 1620. The second-order valence-electron chi connectivity index (χ2n) is 11.4. The molecule has 2 amide bonds. The highest BCUT2D eigenvalue weighted by molar-refractivity contribution is 7.99. The fourth-order valence-corrected chi connectivity index (χ4v) is 6.14. The van der Waals surface area contributed by atoms with E-state index in [0.717, 1.165) is 27.0 Å². The number of aromatic nitrogens is 1. The summed E-state index contributed by atoms with van der Waals surface area (Å²) >= 11 is 1.45. The Hall–Kier alpha value is -4.42. The summed E-state index contributed by atoms with van der Waals surface area (Å²) in [6.07, 6.45) is 2.90. The van der Waals surface area contributed by atoms with Crippen LogP contribution in [-0.2, 0) is 32.2 Å². The van der Waals surface area contributed by atoms with Crippen LogP contribution in [0.15, 0.2) is 102 Å². The second-order valence-corrected chi connectivity index (χ2v) is 12.4. The SMILES string of the molecule is Nc1ccccc1NC(=O)CCCCC(=O)NCc1ccc([C@@H]2O[C@H](CSc3cccc[n+]3[O-])C[C@H](c3ccc(CO)cc3)O2)cc1. The average Bonchev–Trinajstić information content (AvgIpc) is 3.10. The zero-order chi connectivity index (χ0) is 33.0. The summed E-state index contributed by atoms with van der Waals surface area (Å²) in [7, 11) is 0. The van der Waals surface area contributed by atoms with Crippen LogP contribution in [0.5, 0.6) is 0 Å². The highest BCUT2D eigenvalue weighted by Crippen LogP contribution is 2.39. The van der Waals surface area contributed by atoms with E-state index in [2.05, 4.69) is 10.6 Å². The predicted octanol–water partition coefficient (Wildman–Crippen LogP) is 5.55. The zero-order valence-corrected chi connectivity index (χ0v) is 26.9. The van der Waals surface area contributed by atoms with Gasteiger partial charge in [-0.3, -0.25) is 9.59 Å². The van der Waals surface area contributed by atoms with Gasteiger partial charge >= 0.3 is 0 Å². The molecule has 5 rings (SSSR count). The number of carbonyl (C=O) groups excluding carboxylic acids is 2. The molecule has 4 aromatic rings. The summed E-state index contributed by atoms with van der Waals surface area (Å²) in [5, 5.41) is 28.0. The molecule has 0 aliphatic carbocycles. The molecule has 1 aliphatic rings. The van der Waals surface area contributed by atoms with Crippen LogP contribution in [0, 0.1) is 5.21 Å². The standard InChI is InChI=1S/C36H40N4O6S/c37-30-7-1-2-8-31(30)39-34(43)10-4-3-9-33(42)38-22-25-12-18-28(19-13-25)36-45-29(24-47-35-11-5-6-20-40(35)44)21-32(46-36)27-16-14-26(23-41)15-17-27/h1-2,5-8,11-20,29,32,36,41H,3-4,9-10,21-24,37H2,(H,38,42)(H,39,43)/t29-,32+,36+/m0/s1. The van der Waals surface area contributed by atoms with Gasteiger partial charge < -0.3 is 36.2 Å². The number of nitrogens with two attached hydrogens (primary N) is 1. The van der Waals surface area contributed by atoms with Crippen LogP contribution in [-0.4, -0.2) is 28.8 Å². The molecular formula is C36H40N4O6S. The first-order valence-electron chi connectivity index (χ1n) is 15.7. The van der Waals surface area contributed by atoms with Crippen molar-refractivity contribution >= 4 is 35.0 Å². The minimum Gasteiger partial charge on any atom is -0.618 e. The first-order chi connectivity index (χ1) is 22.9. The smallest absolute Gasteiger partial charge is 0.251 e. The first kappa shape index (κ1) is 33.9. The van der Waals surface area contributed by atoms with Crippen molar-refractivity contribution in [1.29, 1.82) is 0 Å². The van der Waals surface area contributed by atoms with E-state index in [4.69, 9.17) is 15.2 Å². The Kier molecular flexibility index (Phi) is 12.2. The predicted molar refractivity (Wildman–Crippen MR) is 181 cm³/mol. The maximum Gasteiger partial charge on any atom is 0.251 e. The number of para-hydroxylation sites is 2. The van der Waals surface area contributed by atoms with E-state index in [9.17, 15) is 19.9 Å². The molecule has 3 atom stereocenters. The van der Waals surface area contributed by atoms with E-state index < -0.39 is 6.29 Å². The molecule has 0 radical (unpaired) electrons. The number of aliphatic hydroxyl groups is 1. The highest BCUT2D eigenvalue weighted by Gasteiger charge is 2.32. The van der Waals surface area contributed by atoms with Gasteiger partial charge in [0.2, 0.25) is 11.8 Å². The van der Waals surface area contributed by atoms with Crippen molar-refractivity contribution in [2.45, 2.75) is 68.8 Å². The Balaban J connectivity index is 1.11. The molecule has 1 aliphatic heterocycles. The number of nitrogen functional groups attached to an aromatic ring is 1. The number of rotatable bonds is 14. The molecule has 0 saturated carbocycles. The molecule has 0 bridgehead atoms.